The highest BCUT2D eigenvalue weighted by molar-refractivity contribution is 6.92. The van der Waals surface area contributed by atoms with Crippen molar-refractivity contribution in [3.63, 3.8) is 0 Å². The normalized spacial score (nSPS) is 15.1. The number of hydrogen-bond donors (Lipinski definition) is 0. The fourth-order valence-corrected chi connectivity index (χ4v) is 22.0. The third kappa shape index (κ3) is 13.8. The van der Waals surface area contributed by atoms with Gasteiger partial charge in [-0.05, 0) is 73.4 Å². The SMILES string of the molecule is CO[Si](C)(CCCCCCCCCC[Si](O[Si](C)(C)C(C)(C)C)(O[Si](C)(C)C(C)(C)C)O[Si](C)(C)C(C)(C)C)OC. The van der Waals surface area contributed by atoms with Crippen LogP contribution in [0.25, 0.3) is 0 Å². The molecule has 10 heteroatoms. The molecule has 0 bridgehead atoms. The maximum atomic E-state index is 7.46. The van der Waals surface area contributed by atoms with Crippen LogP contribution in [-0.4, -0.2) is 56.5 Å². The Kier molecular flexibility index (Phi) is 16.3. The molecule has 0 aliphatic carbocycles. The van der Waals surface area contributed by atoms with Crippen LogP contribution in [0.3, 0.4) is 0 Å². The minimum atomic E-state index is -2.98. The molecule has 0 aromatic heterocycles. The molecule has 0 heterocycles. The molecule has 0 rings (SSSR count). The highest BCUT2D eigenvalue weighted by Gasteiger charge is 2.57. The van der Waals surface area contributed by atoms with Crippen molar-refractivity contribution in [2.75, 3.05) is 14.2 Å². The number of hydrogen-bond acceptors (Lipinski definition) is 5. The Hall–Kier alpha value is 0.884. The summed E-state index contributed by atoms with van der Waals surface area (Å²) in [5, 5.41) is 0.307. The van der Waals surface area contributed by atoms with E-state index in [1.807, 2.05) is 0 Å². The zero-order valence-corrected chi connectivity index (χ0v) is 36.1. The fraction of sp³-hybridized carbons (Fsp3) is 1.00. The molecule has 0 amide bonds. The van der Waals surface area contributed by atoms with Gasteiger partial charge in [-0.15, -0.1) is 0 Å². The van der Waals surface area contributed by atoms with Crippen molar-refractivity contribution in [1.29, 1.82) is 0 Å². The van der Waals surface area contributed by atoms with E-state index in [-0.39, 0.29) is 15.1 Å². The van der Waals surface area contributed by atoms with Crippen molar-refractivity contribution in [2.24, 2.45) is 0 Å². The van der Waals surface area contributed by atoms with E-state index in [4.69, 9.17) is 21.2 Å². The molecule has 0 aromatic carbocycles. The Balaban J connectivity index is 5.66. The van der Waals surface area contributed by atoms with Crippen molar-refractivity contribution in [1.82, 2.24) is 0 Å². The molecule has 0 aromatic rings. The summed E-state index contributed by atoms with van der Waals surface area (Å²) in [5.41, 5.74) is 0. The lowest BCUT2D eigenvalue weighted by molar-refractivity contribution is 0.227. The average molecular weight is 667 g/mol. The third-order valence-corrected chi connectivity index (χ3v) is 35.0. The first-order valence-electron chi connectivity index (χ1n) is 16.4. The highest BCUT2D eigenvalue weighted by Crippen LogP contribution is 2.47. The maximum absolute atomic E-state index is 7.46. The van der Waals surface area contributed by atoms with Gasteiger partial charge in [0.05, 0.1) is 0 Å². The molecule has 0 atom stereocenters. The molecule has 0 saturated heterocycles. The van der Waals surface area contributed by atoms with Gasteiger partial charge in [0.15, 0.2) is 25.0 Å². The summed E-state index contributed by atoms with van der Waals surface area (Å²) in [5.74, 6) is 0. The van der Waals surface area contributed by atoms with E-state index in [0.717, 1.165) is 18.5 Å². The van der Waals surface area contributed by atoms with Gasteiger partial charge in [0.2, 0.25) is 0 Å². The lowest BCUT2D eigenvalue weighted by atomic mass is 10.1. The predicted molar refractivity (Wildman–Crippen MR) is 193 cm³/mol. The van der Waals surface area contributed by atoms with Crippen molar-refractivity contribution < 1.29 is 21.2 Å². The Morgan fingerprint density at radius 2 is 0.634 bits per heavy atom. The second-order valence-electron chi connectivity index (χ2n) is 17.1. The van der Waals surface area contributed by atoms with Crippen LogP contribution in [-0.2, 0) is 21.2 Å². The smallest absolute Gasteiger partial charge is 0.416 e. The largest absolute Gasteiger partial charge is 0.469 e. The lowest BCUT2D eigenvalue weighted by Crippen LogP contribution is -2.65. The maximum Gasteiger partial charge on any atom is 0.469 e. The predicted octanol–water partition coefficient (Wildman–Crippen LogP) is 11.5. The van der Waals surface area contributed by atoms with E-state index >= 15 is 0 Å². The molecule has 41 heavy (non-hydrogen) atoms. The minimum absolute atomic E-state index is 0.102. The molecular formula is C31H74O5Si5. The Morgan fingerprint density at radius 3 is 0.878 bits per heavy atom. The second-order valence-corrected chi connectivity index (χ2v) is 38.6. The van der Waals surface area contributed by atoms with Gasteiger partial charge < -0.3 is 21.2 Å². The fourth-order valence-electron chi connectivity index (χ4n) is 3.98. The standard InChI is InChI=1S/C31H74O5Si5/c1-29(2,3)37(12,13)34-41(35-38(14,15)30(4,5)6,36-39(16,17)31(7,8)9)28-26-24-22-20-19-21-23-25-27-40(18,32-10)33-11/h19-28H2,1-18H3. The Morgan fingerprint density at radius 1 is 0.390 bits per heavy atom. The number of unbranched alkanes of at least 4 members (excludes halogenated alkanes) is 7. The van der Waals surface area contributed by atoms with Gasteiger partial charge in [0, 0.05) is 20.3 Å². The van der Waals surface area contributed by atoms with Crippen LogP contribution < -0.4 is 0 Å². The monoisotopic (exact) mass is 666 g/mol. The summed E-state index contributed by atoms with van der Waals surface area (Å²) >= 11 is 0. The van der Waals surface area contributed by atoms with E-state index in [1.165, 1.54) is 44.9 Å². The van der Waals surface area contributed by atoms with Crippen LogP contribution >= 0.6 is 0 Å². The summed E-state index contributed by atoms with van der Waals surface area (Å²) in [6.07, 6.45) is 9.99. The summed E-state index contributed by atoms with van der Waals surface area (Å²) in [4.78, 5) is 0. The van der Waals surface area contributed by atoms with E-state index in [1.54, 1.807) is 14.2 Å². The first-order chi connectivity index (χ1) is 18.2. The zero-order valence-electron chi connectivity index (χ0n) is 31.1. The Bertz CT molecular complexity index is 678. The van der Waals surface area contributed by atoms with Gasteiger partial charge in [-0.3, -0.25) is 0 Å². The molecule has 0 saturated carbocycles. The molecule has 5 nitrogen and oxygen atoms in total. The van der Waals surface area contributed by atoms with Crippen LogP contribution in [0.4, 0.5) is 0 Å². The Labute approximate surface area is 263 Å². The van der Waals surface area contributed by atoms with Crippen LogP contribution in [0.5, 0.6) is 0 Å². The summed E-state index contributed by atoms with van der Waals surface area (Å²) in [7, 11) is -7.70. The van der Waals surface area contributed by atoms with Crippen LogP contribution in [0, 0.1) is 0 Å². The van der Waals surface area contributed by atoms with Gasteiger partial charge in [0.25, 0.3) is 0 Å². The molecule has 0 aliphatic rings. The molecule has 0 fully saturated rings. The molecule has 248 valence electrons. The molecule has 0 unspecified atom stereocenters. The molecule has 0 N–H and O–H groups in total. The molecule has 0 radical (unpaired) electrons. The van der Waals surface area contributed by atoms with Gasteiger partial charge in [0.1, 0.15) is 0 Å². The lowest BCUT2D eigenvalue weighted by Gasteiger charge is -2.52. The second kappa shape index (κ2) is 15.9. The van der Waals surface area contributed by atoms with Crippen molar-refractivity contribution in [2.45, 2.75) is 187 Å². The van der Waals surface area contributed by atoms with Gasteiger partial charge >= 0.3 is 17.4 Å². The van der Waals surface area contributed by atoms with Gasteiger partial charge in [-0.2, -0.15) is 0 Å². The van der Waals surface area contributed by atoms with Crippen LogP contribution in [0.1, 0.15) is 114 Å². The van der Waals surface area contributed by atoms with Gasteiger partial charge in [-0.1, -0.05) is 107 Å². The number of rotatable bonds is 19. The summed E-state index contributed by atoms with van der Waals surface area (Å²) < 4.78 is 33.6. The summed E-state index contributed by atoms with van der Waals surface area (Å²) in [6.45, 7) is 37.5. The summed E-state index contributed by atoms with van der Waals surface area (Å²) in [6, 6.07) is 2.03. The molecule has 0 spiro atoms. The average Bonchev–Trinajstić information content (AvgIpc) is 2.76. The molecule has 0 aliphatic heterocycles. The first-order valence-corrected chi connectivity index (χ1v) is 29.6. The first kappa shape index (κ1) is 41.9. The van der Waals surface area contributed by atoms with E-state index in [0.29, 0.717) is 0 Å². The van der Waals surface area contributed by atoms with Crippen LogP contribution in [0.2, 0.25) is 73.0 Å². The van der Waals surface area contributed by atoms with E-state index in [9.17, 15) is 0 Å². The van der Waals surface area contributed by atoms with Gasteiger partial charge in [-0.25, -0.2) is 0 Å². The third-order valence-electron chi connectivity index (χ3n) is 10.4. The zero-order chi connectivity index (χ0) is 32.6. The van der Waals surface area contributed by atoms with Crippen molar-refractivity contribution in [3.05, 3.63) is 0 Å². The van der Waals surface area contributed by atoms with Crippen molar-refractivity contribution >= 4 is 42.3 Å². The van der Waals surface area contributed by atoms with E-state index in [2.05, 4.69) is 108 Å². The minimum Gasteiger partial charge on any atom is -0.416 e. The topological polar surface area (TPSA) is 46.2 Å². The van der Waals surface area contributed by atoms with E-state index < -0.39 is 42.3 Å². The quantitative estimate of drug-likeness (QED) is 0.101. The molecular weight excluding hydrogens is 593 g/mol. The van der Waals surface area contributed by atoms with Crippen molar-refractivity contribution in [3.8, 4) is 0 Å². The van der Waals surface area contributed by atoms with Crippen LogP contribution in [0.15, 0.2) is 0 Å². The highest BCUT2D eigenvalue weighted by atomic mass is 28.5.